The zero-order valence-corrected chi connectivity index (χ0v) is 25.3. The molecule has 0 radical (unpaired) electrons. The van der Waals surface area contributed by atoms with E-state index < -0.39 is 0 Å². The third kappa shape index (κ3) is 5.02. The van der Waals surface area contributed by atoms with Gasteiger partial charge in [0.1, 0.15) is 11.2 Å². The minimum Gasteiger partial charge on any atom is -0.456 e. The normalized spacial score (nSPS) is 11.4. The Balaban J connectivity index is 1.07. The Morgan fingerprint density at radius 2 is 0.766 bits per heavy atom. The molecule has 0 aliphatic heterocycles. The van der Waals surface area contributed by atoms with Crippen LogP contribution < -0.4 is 0 Å². The molecule has 0 bridgehead atoms. The highest BCUT2D eigenvalue weighted by Crippen LogP contribution is 2.35. The van der Waals surface area contributed by atoms with Crippen LogP contribution in [0.15, 0.2) is 168 Å². The summed E-state index contributed by atoms with van der Waals surface area (Å²) in [7, 11) is 0. The highest BCUT2D eigenvalue weighted by Gasteiger charge is 2.13. The fraction of sp³-hybridized carbons (Fsp3) is 0. The fourth-order valence-corrected chi connectivity index (χ4v) is 6.29. The van der Waals surface area contributed by atoms with Crippen LogP contribution in [0.5, 0.6) is 0 Å². The second-order valence-electron chi connectivity index (χ2n) is 11.7. The Hall–Kier alpha value is -6.39. The standard InChI is InChI=1S/C43H27N3O/c1-3-10-28(11-4-1)41-44-42(29-12-5-2-6-13-29)46-43(45-41)36-21-20-33-25-32(18-19-34(33)26-36)30-14-9-15-31(24-30)35-22-23-38-37-16-7-8-17-39(37)47-40(38)27-35/h1-27H. The summed E-state index contributed by atoms with van der Waals surface area (Å²) in [6.45, 7) is 0. The minimum atomic E-state index is 0.651. The molecular formula is C43H27N3O. The fourth-order valence-electron chi connectivity index (χ4n) is 6.29. The van der Waals surface area contributed by atoms with E-state index in [9.17, 15) is 0 Å². The molecule has 0 atom stereocenters. The van der Waals surface area contributed by atoms with Gasteiger partial charge in [0, 0.05) is 27.5 Å². The molecule has 220 valence electrons. The number of nitrogens with zero attached hydrogens (tertiary/aromatic N) is 3. The van der Waals surface area contributed by atoms with Crippen molar-refractivity contribution in [3.8, 4) is 56.4 Å². The maximum atomic E-state index is 6.16. The van der Waals surface area contributed by atoms with E-state index in [-0.39, 0.29) is 0 Å². The van der Waals surface area contributed by atoms with Crippen molar-refractivity contribution >= 4 is 32.7 Å². The lowest BCUT2D eigenvalue weighted by Crippen LogP contribution is -2.00. The van der Waals surface area contributed by atoms with Gasteiger partial charge >= 0.3 is 0 Å². The van der Waals surface area contributed by atoms with E-state index in [2.05, 4.69) is 91.0 Å². The van der Waals surface area contributed by atoms with Gasteiger partial charge in [0.25, 0.3) is 0 Å². The molecule has 9 aromatic rings. The molecule has 0 aliphatic carbocycles. The van der Waals surface area contributed by atoms with Gasteiger partial charge < -0.3 is 4.42 Å². The van der Waals surface area contributed by atoms with Crippen LogP contribution in [0.3, 0.4) is 0 Å². The highest BCUT2D eigenvalue weighted by atomic mass is 16.3. The van der Waals surface area contributed by atoms with Crippen LogP contribution in [0.4, 0.5) is 0 Å². The summed E-state index contributed by atoms with van der Waals surface area (Å²) in [5.74, 6) is 1.96. The number of benzene rings is 7. The number of hydrogen-bond acceptors (Lipinski definition) is 4. The number of fused-ring (bicyclic) bond motifs is 4. The predicted octanol–water partition coefficient (Wildman–Crippen LogP) is 11.3. The Morgan fingerprint density at radius 3 is 1.45 bits per heavy atom. The molecule has 4 heteroatoms. The molecule has 4 nitrogen and oxygen atoms in total. The second kappa shape index (κ2) is 11.2. The molecular weight excluding hydrogens is 574 g/mol. The predicted molar refractivity (Wildman–Crippen MR) is 192 cm³/mol. The monoisotopic (exact) mass is 601 g/mol. The number of hydrogen-bond donors (Lipinski definition) is 0. The van der Waals surface area contributed by atoms with Gasteiger partial charge in [-0.1, -0.05) is 127 Å². The van der Waals surface area contributed by atoms with Gasteiger partial charge in [-0.25, -0.2) is 15.0 Å². The van der Waals surface area contributed by atoms with Gasteiger partial charge in [-0.2, -0.15) is 0 Å². The van der Waals surface area contributed by atoms with Crippen LogP contribution >= 0.6 is 0 Å². The first-order valence-electron chi connectivity index (χ1n) is 15.7. The Kier molecular flexibility index (Phi) is 6.43. The lowest BCUT2D eigenvalue weighted by Gasteiger charge is -2.10. The highest BCUT2D eigenvalue weighted by molar-refractivity contribution is 6.06. The van der Waals surface area contributed by atoms with Gasteiger partial charge in [0.2, 0.25) is 0 Å². The molecule has 0 saturated carbocycles. The molecule has 0 fully saturated rings. The average molecular weight is 602 g/mol. The molecule has 9 rings (SSSR count). The van der Waals surface area contributed by atoms with Crippen molar-refractivity contribution in [2.75, 3.05) is 0 Å². The topological polar surface area (TPSA) is 51.8 Å². The number of furan rings is 1. The van der Waals surface area contributed by atoms with E-state index in [1.807, 2.05) is 72.8 Å². The first-order valence-corrected chi connectivity index (χ1v) is 15.7. The van der Waals surface area contributed by atoms with Crippen molar-refractivity contribution in [1.29, 1.82) is 0 Å². The zero-order valence-electron chi connectivity index (χ0n) is 25.3. The van der Waals surface area contributed by atoms with Crippen LogP contribution in [0.1, 0.15) is 0 Å². The van der Waals surface area contributed by atoms with Gasteiger partial charge in [-0.3, -0.25) is 0 Å². The maximum absolute atomic E-state index is 6.16. The number of rotatable bonds is 5. The zero-order chi connectivity index (χ0) is 31.2. The van der Waals surface area contributed by atoms with Gasteiger partial charge in [-0.05, 0) is 69.4 Å². The Morgan fingerprint density at radius 1 is 0.298 bits per heavy atom. The van der Waals surface area contributed by atoms with Crippen molar-refractivity contribution in [1.82, 2.24) is 15.0 Å². The van der Waals surface area contributed by atoms with E-state index in [4.69, 9.17) is 19.4 Å². The van der Waals surface area contributed by atoms with Crippen molar-refractivity contribution in [2.45, 2.75) is 0 Å². The van der Waals surface area contributed by atoms with Crippen molar-refractivity contribution in [3.63, 3.8) is 0 Å². The van der Waals surface area contributed by atoms with E-state index in [1.54, 1.807) is 0 Å². The lowest BCUT2D eigenvalue weighted by molar-refractivity contribution is 0.669. The van der Waals surface area contributed by atoms with Crippen LogP contribution in [0.25, 0.3) is 89.1 Å². The molecule has 0 N–H and O–H groups in total. The van der Waals surface area contributed by atoms with E-state index in [0.29, 0.717) is 17.5 Å². The van der Waals surface area contributed by atoms with Gasteiger partial charge in [0.05, 0.1) is 0 Å². The number of aromatic nitrogens is 3. The third-order valence-electron chi connectivity index (χ3n) is 8.71. The van der Waals surface area contributed by atoms with Crippen LogP contribution in [-0.2, 0) is 0 Å². The van der Waals surface area contributed by atoms with E-state index >= 15 is 0 Å². The maximum Gasteiger partial charge on any atom is 0.164 e. The first-order chi connectivity index (χ1) is 23.2. The molecule has 0 amide bonds. The van der Waals surface area contributed by atoms with Gasteiger partial charge in [-0.15, -0.1) is 0 Å². The average Bonchev–Trinajstić information content (AvgIpc) is 3.53. The quantitative estimate of drug-likeness (QED) is 0.197. The van der Waals surface area contributed by atoms with E-state index in [0.717, 1.165) is 71.7 Å². The minimum absolute atomic E-state index is 0.651. The smallest absolute Gasteiger partial charge is 0.164 e. The summed E-state index contributed by atoms with van der Waals surface area (Å²) in [4.78, 5) is 14.7. The lowest BCUT2D eigenvalue weighted by atomic mass is 9.96. The SMILES string of the molecule is c1ccc(-c2nc(-c3ccccc3)nc(-c3ccc4cc(-c5cccc(-c6ccc7c(c6)oc6ccccc67)c5)ccc4c3)n2)cc1. The molecule has 0 aliphatic rings. The molecule has 2 heterocycles. The van der Waals surface area contributed by atoms with Crippen LogP contribution in [-0.4, -0.2) is 15.0 Å². The summed E-state index contributed by atoms with van der Waals surface area (Å²) in [6, 6.07) is 56.5. The Labute approximate surface area is 271 Å². The number of para-hydroxylation sites is 1. The van der Waals surface area contributed by atoms with Crippen molar-refractivity contribution in [2.24, 2.45) is 0 Å². The molecule has 2 aromatic heterocycles. The first kappa shape index (κ1) is 27.0. The molecule has 7 aromatic carbocycles. The molecule has 0 spiro atoms. The Bertz CT molecular complexity index is 2510. The third-order valence-corrected chi connectivity index (χ3v) is 8.71. The molecule has 0 saturated heterocycles. The van der Waals surface area contributed by atoms with Crippen LogP contribution in [0, 0.1) is 0 Å². The summed E-state index contributed by atoms with van der Waals surface area (Å²) < 4.78 is 6.16. The molecule has 47 heavy (non-hydrogen) atoms. The summed E-state index contributed by atoms with van der Waals surface area (Å²) in [6.07, 6.45) is 0. The second-order valence-corrected chi connectivity index (χ2v) is 11.7. The summed E-state index contributed by atoms with van der Waals surface area (Å²) >= 11 is 0. The summed E-state index contributed by atoms with van der Waals surface area (Å²) in [5, 5.41) is 4.56. The molecule has 0 unspecified atom stereocenters. The summed E-state index contributed by atoms with van der Waals surface area (Å²) in [5.41, 5.74) is 9.29. The largest absolute Gasteiger partial charge is 0.456 e. The van der Waals surface area contributed by atoms with Gasteiger partial charge in [0.15, 0.2) is 17.5 Å². The van der Waals surface area contributed by atoms with Crippen molar-refractivity contribution in [3.05, 3.63) is 164 Å². The van der Waals surface area contributed by atoms with Crippen molar-refractivity contribution < 1.29 is 4.42 Å². The van der Waals surface area contributed by atoms with Crippen LogP contribution in [0.2, 0.25) is 0 Å². The van der Waals surface area contributed by atoms with E-state index in [1.165, 1.54) is 0 Å².